The Morgan fingerprint density at radius 2 is 2.12 bits per heavy atom. The van der Waals surface area contributed by atoms with Gasteiger partial charge in [-0.05, 0) is 38.4 Å². The highest BCUT2D eigenvalue weighted by molar-refractivity contribution is 7.91. The number of hydrogen-bond donors (Lipinski definition) is 2. The summed E-state index contributed by atoms with van der Waals surface area (Å²) in [6, 6.07) is 3.46. The third-order valence-corrected chi connectivity index (χ3v) is 7.25. The average Bonchev–Trinajstić information content (AvgIpc) is 2.99. The van der Waals surface area contributed by atoms with E-state index >= 15 is 0 Å². The van der Waals surface area contributed by atoms with Crippen LogP contribution in [0.3, 0.4) is 0 Å². The monoisotopic (exact) mass is 395 g/mol. The van der Waals surface area contributed by atoms with Gasteiger partial charge >= 0.3 is 0 Å². The zero-order valence-corrected chi connectivity index (χ0v) is 16.5. The van der Waals surface area contributed by atoms with Crippen molar-refractivity contribution in [3.63, 3.8) is 0 Å². The number of sulfonamides is 1. The van der Waals surface area contributed by atoms with Crippen molar-refractivity contribution < 1.29 is 13.2 Å². The molecule has 1 amide bonds. The Bertz CT molecular complexity index is 634. The van der Waals surface area contributed by atoms with Crippen molar-refractivity contribution in [2.45, 2.75) is 30.9 Å². The van der Waals surface area contributed by atoms with Gasteiger partial charge in [-0.1, -0.05) is 6.92 Å². The molecule has 1 aromatic heterocycles. The van der Waals surface area contributed by atoms with Crippen LogP contribution < -0.4 is 10.6 Å². The topological polar surface area (TPSA) is 78.5 Å². The molecular weight excluding hydrogens is 370 g/mol. The van der Waals surface area contributed by atoms with Crippen LogP contribution in [0.4, 0.5) is 0 Å². The maximum absolute atomic E-state index is 12.7. The maximum Gasteiger partial charge on any atom is 0.252 e. The van der Waals surface area contributed by atoms with Crippen molar-refractivity contribution in [2.24, 2.45) is 5.92 Å². The Hall–Kier alpha value is -0.670. The Morgan fingerprint density at radius 3 is 2.75 bits per heavy atom. The molecular formula is C15H26ClN3O3S2. The Morgan fingerprint density at radius 1 is 1.38 bits per heavy atom. The van der Waals surface area contributed by atoms with E-state index in [1.54, 1.807) is 6.07 Å². The lowest BCUT2D eigenvalue weighted by Crippen LogP contribution is -2.46. The molecule has 1 aliphatic heterocycles. The number of halogens is 1. The van der Waals surface area contributed by atoms with Crippen LogP contribution in [0.5, 0.6) is 0 Å². The molecule has 1 aliphatic rings. The fourth-order valence-electron chi connectivity index (χ4n) is 2.65. The molecule has 0 radical (unpaired) electrons. The number of carbonyl (C=O) groups is 1. The number of thiophene rings is 1. The second kappa shape index (κ2) is 9.72. The molecule has 0 aliphatic carbocycles. The number of rotatable bonds is 7. The van der Waals surface area contributed by atoms with E-state index in [1.807, 2.05) is 19.9 Å². The summed E-state index contributed by atoms with van der Waals surface area (Å²) in [6.07, 6.45) is 1.46. The van der Waals surface area contributed by atoms with Crippen molar-refractivity contribution >= 4 is 39.7 Å². The highest BCUT2D eigenvalue weighted by Gasteiger charge is 2.33. The summed E-state index contributed by atoms with van der Waals surface area (Å²) in [4.78, 5) is 13.2. The lowest BCUT2D eigenvalue weighted by atomic mass is 9.99. The van der Waals surface area contributed by atoms with Crippen molar-refractivity contribution in [2.75, 3.05) is 32.7 Å². The van der Waals surface area contributed by atoms with Crippen molar-refractivity contribution in [3.8, 4) is 0 Å². The molecule has 2 heterocycles. The van der Waals surface area contributed by atoms with Crippen LogP contribution in [-0.4, -0.2) is 51.4 Å². The second-order valence-electron chi connectivity index (χ2n) is 5.71. The van der Waals surface area contributed by atoms with Gasteiger partial charge in [-0.3, -0.25) is 4.79 Å². The van der Waals surface area contributed by atoms with E-state index in [0.29, 0.717) is 17.3 Å². The minimum atomic E-state index is -3.48. The zero-order chi connectivity index (χ0) is 16.9. The first-order chi connectivity index (χ1) is 10.9. The summed E-state index contributed by atoms with van der Waals surface area (Å²) in [6.45, 7) is 6.82. The van der Waals surface area contributed by atoms with Crippen LogP contribution in [0.2, 0.25) is 0 Å². The number of piperidine rings is 1. The van der Waals surface area contributed by atoms with E-state index in [2.05, 4.69) is 10.6 Å². The number of aryl methyl sites for hydroxylation is 1. The lowest BCUT2D eigenvalue weighted by Gasteiger charge is -2.30. The summed E-state index contributed by atoms with van der Waals surface area (Å²) in [5.74, 6) is -0.314. The Balaban J connectivity index is 0.00000288. The fraction of sp³-hybridized carbons (Fsp3) is 0.667. The molecule has 24 heavy (non-hydrogen) atoms. The first-order valence-corrected chi connectivity index (χ1v) is 10.3. The lowest BCUT2D eigenvalue weighted by molar-refractivity contribution is -0.126. The highest BCUT2D eigenvalue weighted by atomic mass is 35.5. The summed E-state index contributed by atoms with van der Waals surface area (Å²) < 4.78 is 27.1. The average molecular weight is 396 g/mol. The molecule has 9 heteroatoms. The van der Waals surface area contributed by atoms with Crippen LogP contribution in [0.1, 0.15) is 24.6 Å². The van der Waals surface area contributed by atoms with E-state index in [9.17, 15) is 13.2 Å². The van der Waals surface area contributed by atoms with E-state index < -0.39 is 10.0 Å². The number of hydrogen-bond acceptors (Lipinski definition) is 5. The van der Waals surface area contributed by atoms with Crippen LogP contribution >= 0.6 is 23.7 Å². The molecule has 0 spiro atoms. The van der Waals surface area contributed by atoms with Gasteiger partial charge in [0.15, 0.2) is 0 Å². The molecule has 1 atom stereocenters. The number of carbonyl (C=O) groups excluding carboxylic acids is 1. The van der Waals surface area contributed by atoms with Gasteiger partial charge in [0.25, 0.3) is 10.0 Å². The maximum atomic E-state index is 12.7. The SMILES string of the molecule is CCNCCNC(=O)C1CCCN(S(=O)(=O)c2ccc(C)s2)C1.Cl. The van der Waals surface area contributed by atoms with Crippen LogP contribution in [0.25, 0.3) is 0 Å². The molecule has 1 unspecified atom stereocenters. The molecule has 138 valence electrons. The molecule has 0 aromatic carbocycles. The molecule has 1 aromatic rings. The molecule has 2 rings (SSSR count). The van der Waals surface area contributed by atoms with Gasteiger partial charge in [-0.2, -0.15) is 4.31 Å². The van der Waals surface area contributed by atoms with Crippen LogP contribution in [-0.2, 0) is 14.8 Å². The van der Waals surface area contributed by atoms with E-state index in [-0.39, 0.29) is 30.8 Å². The van der Waals surface area contributed by atoms with Crippen molar-refractivity contribution in [1.29, 1.82) is 0 Å². The van der Waals surface area contributed by atoms with Crippen LogP contribution in [0, 0.1) is 12.8 Å². The number of amides is 1. The first kappa shape index (κ1) is 21.4. The quantitative estimate of drug-likeness (QED) is 0.687. The van der Waals surface area contributed by atoms with Gasteiger partial charge in [-0.15, -0.1) is 23.7 Å². The summed E-state index contributed by atoms with van der Waals surface area (Å²) >= 11 is 1.28. The van der Waals surface area contributed by atoms with Gasteiger partial charge in [0.05, 0.1) is 5.92 Å². The van der Waals surface area contributed by atoms with E-state index in [4.69, 9.17) is 0 Å². The van der Waals surface area contributed by atoms with Gasteiger partial charge in [0, 0.05) is 31.1 Å². The van der Waals surface area contributed by atoms with Crippen LogP contribution in [0.15, 0.2) is 16.3 Å². The number of likely N-dealkylation sites (N-methyl/N-ethyl adjacent to an activating group) is 1. The molecule has 0 bridgehead atoms. The van der Waals surface area contributed by atoms with Gasteiger partial charge in [0.2, 0.25) is 5.91 Å². The molecule has 2 N–H and O–H groups in total. The zero-order valence-electron chi connectivity index (χ0n) is 14.1. The Labute approximate surface area is 154 Å². The molecule has 1 fully saturated rings. The second-order valence-corrected chi connectivity index (χ2v) is 9.16. The summed E-state index contributed by atoms with van der Waals surface area (Å²) in [5.41, 5.74) is 0. The minimum Gasteiger partial charge on any atom is -0.355 e. The molecule has 0 saturated carbocycles. The summed E-state index contributed by atoms with van der Waals surface area (Å²) in [5, 5.41) is 6.03. The standard InChI is InChI=1S/C15H25N3O3S2.ClH/c1-3-16-8-9-17-15(19)13-5-4-10-18(11-13)23(20,21)14-7-6-12(2)22-14;/h6-7,13,16H,3-5,8-11H2,1-2H3,(H,17,19);1H. The fourth-order valence-corrected chi connectivity index (χ4v) is 5.61. The third-order valence-electron chi connectivity index (χ3n) is 3.92. The van der Waals surface area contributed by atoms with E-state index in [0.717, 1.165) is 30.8 Å². The van der Waals surface area contributed by atoms with Crippen molar-refractivity contribution in [3.05, 3.63) is 17.0 Å². The number of nitrogens with zero attached hydrogens (tertiary/aromatic N) is 1. The third kappa shape index (κ3) is 5.42. The highest BCUT2D eigenvalue weighted by Crippen LogP contribution is 2.28. The normalized spacial score (nSPS) is 18.8. The van der Waals surface area contributed by atoms with Gasteiger partial charge in [0.1, 0.15) is 4.21 Å². The summed E-state index contributed by atoms with van der Waals surface area (Å²) in [7, 11) is -3.48. The Kier molecular flexibility index (Phi) is 8.66. The molecule has 1 saturated heterocycles. The first-order valence-electron chi connectivity index (χ1n) is 8.00. The number of nitrogens with one attached hydrogen (secondary N) is 2. The van der Waals surface area contributed by atoms with Gasteiger partial charge < -0.3 is 10.6 Å². The molecule has 6 nitrogen and oxygen atoms in total. The predicted molar refractivity (Wildman–Crippen MR) is 99.3 cm³/mol. The van der Waals surface area contributed by atoms with Gasteiger partial charge in [-0.25, -0.2) is 8.42 Å². The largest absolute Gasteiger partial charge is 0.355 e. The van der Waals surface area contributed by atoms with E-state index in [1.165, 1.54) is 15.6 Å². The predicted octanol–water partition coefficient (Wildman–Crippen LogP) is 1.60. The minimum absolute atomic E-state index is 0. The smallest absolute Gasteiger partial charge is 0.252 e. The van der Waals surface area contributed by atoms with Crippen molar-refractivity contribution in [1.82, 2.24) is 14.9 Å².